The first-order chi connectivity index (χ1) is 11.2. The Morgan fingerprint density at radius 1 is 0.875 bits per heavy atom. The second-order valence-electron chi connectivity index (χ2n) is 5.26. The van der Waals surface area contributed by atoms with Crippen LogP contribution in [0.3, 0.4) is 0 Å². The van der Waals surface area contributed by atoms with Gasteiger partial charge in [0.2, 0.25) is 0 Å². The molecular formula is C19H17AgN2OS. The standard InChI is InChI=1S/C19H18N2OS.Ag/c1-13-7-5-10-16(20-13)19(22-2)17-11-6-9-15(21-17)14-8-3-4-12-18(14)23;/h3-12,19,23H,1-2H3;/q;+1/p-1. The van der Waals surface area contributed by atoms with Crippen molar-refractivity contribution in [1.29, 1.82) is 0 Å². The molecular weight excluding hydrogens is 412 g/mol. The van der Waals surface area contributed by atoms with Crippen molar-refractivity contribution in [2.75, 3.05) is 7.11 Å². The second-order valence-corrected chi connectivity index (χ2v) is 5.70. The molecule has 0 aliphatic rings. The van der Waals surface area contributed by atoms with Crippen molar-refractivity contribution in [1.82, 2.24) is 9.97 Å². The normalized spacial score (nSPS) is 11.6. The number of nitrogens with zero attached hydrogens (tertiary/aromatic N) is 2. The molecule has 0 fully saturated rings. The first-order valence-corrected chi connectivity index (χ1v) is 7.79. The fourth-order valence-electron chi connectivity index (χ4n) is 2.53. The fraction of sp³-hybridized carbons (Fsp3) is 0.158. The summed E-state index contributed by atoms with van der Waals surface area (Å²) in [5, 5.41) is 0. The fourth-order valence-corrected chi connectivity index (χ4v) is 2.78. The van der Waals surface area contributed by atoms with Crippen LogP contribution in [0.1, 0.15) is 23.2 Å². The predicted molar refractivity (Wildman–Crippen MR) is 93.1 cm³/mol. The number of aromatic nitrogens is 2. The molecule has 0 N–H and O–H groups in total. The summed E-state index contributed by atoms with van der Waals surface area (Å²) < 4.78 is 5.65. The molecule has 0 radical (unpaired) electrons. The maximum absolute atomic E-state index is 5.65. The summed E-state index contributed by atoms with van der Waals surface area (Å²) >= 11 is 5.40. The van der Waals surface area contributed by atoms with Crippen LogP contribution in [0.2, 0.25) is 0 Å². The molecule has 0 aliphatic heterocycles. The minimum absolute atomic E-state index is 0. The van der Waals surface area contributed by atoms with Crippen molar-refractivity contribution < 1.29 is 27.1 Å². The third-order valence-electron chi connectivity index (χ3n) is 3.62. The number of hydrogen-bond donors (Lipinski definition) is 0. The van der Waals surface area contributed by atoms with Crippen LogP contribution in [0, 0.1) is 6.92 Å². The van der Waals surface area contributed by atoms with Crippen molar-refractivity contribution in [3.63, 3.8) is 0 Å². The topological polar surface area (TPSA) is 35.0 Å². The van der Waals surface area contributed by atoms with Gasteiger partial charge in [0.25, 0.3) is 0 Å². The van der Waals surface area contributed by atoms with Gasteiger partial charge in [-0.1, -0.05) is 36.4 Å². The first kappa shape index (κ1) is 18.8. The molecule has 2 aromatic heterocycles. The third-order valence-corrected chi connectivity index (χ3v) is 3.97. The molecule has 24 heavy (non-hydrogen) atoms. The van der Waals surface area contributed by atoms with Gasteiger partial charge in [-0.25, -0.2) is 4.98 Å². The van der Waals surface area contributed by atoms with Gasteiger partial charge in [0.15, 0.2) is 0 Å². The van der Waals surface area contributed by atoms with E-state index in [1.807, 2.05) is 67.6 Å². The zero-order valence-corrected chi connectivity index (χ0v) is 15.7. The van der Waals surface area contributed by atoms with E-state index in [-0.39, 0.29) is 28.5 Å². The number of pyridine rings is 2. The van der Waals surface area contributed by atoms with Crippen molar-refractivity contribution in [2.45, 2.75) is 17.9 Å². The Bertz CT molecular complexity index is 826. The molecule has 1 aromatic carbocycles. The molecule has 1 atom stereocenters. The molecule has 3 rings (SSSR count). The Labute approximate surface area is 163 Å². The Balaban J connectivity index is 0.00000208. The van der Waals surface area contributed by atoms with E-state index in [2.05, 4.69) is 4.98 Å². The Morgan fingerprint density at radius 3 is 2.21 bits per heavy atom. The van der Waals surface area contributed by atoms with Gasteiger partial charge in [-0.2, -0.15) is 4.90 Å². The molecule has 0 amide bonds. The minimum Gasteiger partial charge on any atom is -0.779 e. The first-order valence-electron chi connectivity index (χ1n) is 7.39. The van der Waals surface area contributed by atoms with E-state index in [0.717, 1.165) is 33.2 Å². The van der Waals surface area contributed by atoms with Crippen molar-refractivity contribution in [3.05, 3.63) is 77.7 Å². The van der Waals surface area contributed by atoms with Crippen LogP contribution in [-0.4, -0.2) is 17.1 Å². The van der Waals surface area contributed by atoms with E-state index in [0.29, 0.717) is 0 Å². The number of benzene rings is 1. The van der Waals surface area contributed by atoms with Crippen molar-refractivity contribution in [2.24, 2.45) is 0 Å². The van der Waals surface area contributed by atoms with Crippen LogP contribution >= 0.6 is 0 Å². The van der Waals surface area contributed by atoms with Gasteiger partial charge in [-0.05, 0) is 36.8 Å². The summed E-state index contributed by atoms with van der Waals surface area (Å²) in [6.45, 7) is 1.97. The van der Waals surface area contributed by atoms with E-state index in [9.17, 15) is 0 Å². The minimum atomic E-state index is -0.299. The van der Waals surface area contributed by atoms with Crippen LogP contribution in [0.15, 0.2) is 65.6 Å². The summed E-state index contributed by atoms with van der Waals surface area (Å²) in [6.07, 6.45) is -0.299. The van der Waals surface area contributed by atoms with Gasteiger partial charge in [0.1, 0.15) is 6.10 Å². The van der Waals surface area contributed by atoms with Crippen LogP contribution in [0.25, 0.3) is 11.3 Å². The van der Waals surface area contributed by atoms with Gasteiger partial charge in [0, 0.05) is 12.8 Å². The number of rotatable bonds is 4. The quantitative estimate of drug-likeness (QED) is 0.463. The van der Waals surface area contributed by atoms with Crippen LogP contribution < -0.4 is 0 Å². The van der Waals surface area contributed by atoms with E-state index < -0.39 is 0 Å². The molecule has 5 heteroatoms. The summed E-state index contributed by atoms with van der Waals surface area (Å²) in [6, 6.07) is 19.6. The Morgan fingerprint density at radius 2 is 1.54 bits per heavy atom. The zero-order valence-electron chi connectivity index (χ0n) is 13.4. The largest absolute Gasteiger partial charge is 1.00 e. The molecule has 0 aliphatic carbocycles. The second kappa shape index (κ2) is 8.51. The molecule has 3 nitrogen and oxygen atoms in total. The molecule has 2 heterocycles. The van der Waals surface area contributed by atoms with Gasteiger partial charge in [-0.3, -0.25) is 4.98 Å². The summed E-state index contributed by atoms with van der Waals surface area (Å²) in [4.78, 5) is 10.1. The molecule has 126 valence electrons. The molecule has 3 aromatic rings. The number of hydrogen-bond acceptors (Lipinski definition) is 4. The van der Waals surface area contributed by atoms with Crippen LogP contribution in [0.5, 0.6) is 0 Å². The van der Waals surface area contributed by atoms with Crippen LogP contribution in [-0.2, 0) is 39.7 Å². The summed E-state index contributed by atoms with van der Waals surface area (Å²) in [7, 11) is 1.67. The summed E-state index contributed by atoms with van der Waals surface area (Å²) in [5.41, 5.74) is 4.43. The van der Waals surface area contributed by atoms with E-state index in [1.165, 1.54) is 0 Å². The summed E-state index contributed by atoms with van der Waals surface area (Å²) in [5.74, 6) is 0. The molecule has 0 saturated carbocycles. The molecule has 0 saturated heterocycles. The molecule has 1 unspecified atom stereocenters. The molecule has 0 spiro atoms. The van der Waals surface area contributed by atoms with Gasteiger partial charge in [0.05, 0.1) is 17.1 Å². The van der Waals surface area contributed by atoms with E-state index in [4.69, 9.17) is 22.3 Å². The number of methoxy groups -OCH3 is 1. The zero-order chi connectivity index (χ0) is 16.2. The van der Waals surface area contributed by atoms with E-state index >= 15 is 0 Å². The van der Waals surface area contributed by atoms with Gasteiger partial charge in [-0.15, -0.1) is 0 Å². The third kappa shape index (κ3) is 4.09. The predicted octanol–water partition coefficient (Wildman–Crippen LogP) is 4.09. The number of ether oxygens (including phenoxy) is 1. The SMILES string of the molecule is COC(c1cccc(C)n1)c1cccc(-c2ccccc2[S-])n1.[Ag+]. The number of aryl methyl sites for hydroxylation is 1. The monoisotopic (exact) mass is 428 g/mol. The Kier molecular flexibility index (Phi) is 6.66. The molecule has 0 bridgehead atoms. The van der Waals surface area contributed by atoms with Crippen molar-refractivity contribution >= 4 is 12.6 Å². The van der Waals surface area contributed by atoms with E-state index in [1.54, 1.807) is 7.11 Å². The average molecular weight is 429 g/mol. The van der Waals surface area contributed by atoms with Gasteiger partial charge < -0.3 is 17.4 Å². The smallest absolute Gasteiger partial charge is 0.779 e. The van der Waals surface area contributed by atoms with Crippen molar-refractivity contribution in [3.8, 4) is 11.3 Å². The maximum Gasteiger partial charge on any atom is 1.00 e. The average Bonchev–Trinajstić information content (AvgIpc) is 2.56. The Hall–Kier alpha value is -1.56. The van der Waals surface area contributed by atoms with Gasteiger partial charge >= 0.3 is 22.4 Å². The van der Waals surface area contributed by atoms with Crippen LogP contribution in [0.4, 0.5) is 0 Å². The maximum atomic E-state index is 5.65.